The average molecular weight is 319 g/mol. The van der Waals surface area contributed by atoms with E-state index in [2.05, 4.69) is 33.8 Å². The van der Waals surface area contributed by atoms with E-state index in [0.29, 0.717) is 11.8 Å². The predicted molar refractivity (Wildman–Crippen MR) is 94.2 cm³/mol. The number of carboxylic acids is 1. The van der Waals surface area contributed by atoms with Gasteiger partial charge in [-0.2, -0.15) is 0 Å². The quantitative estimate of drug-likeness (QED) is 0.680. The van der Waals surface area contributed by atoms with Gasteiger partial charge in [0.05, 0.1) is 5.41 Å². The Hall–Kier alpha value is -0.790. The number of hydrogen-bond acceptors (Lipinski definition) is 1. The normalized spacial score (nSPS) is 43.5. The molecule has 3 rings (SSSR count). The molecule has 0 spiro atoms. The van der Waals surface area contributed by atoms with Crippen LogP contribution in [-0.2, 0) is 4.79 Å². The molecule has 0 amide bonds. The Morgan fingerprint density at radius 1 is 1.35 bits per heavy atom. The molecule has 2 heteroatoms. The monoisotopic (exact) mass is 318 g/mol. The molecule has 1 N–H and O–H groups in total. The van der Waals surface area contributed by atoms with E-state index in [9.17, 15) is 9.90 Å². The van der Waals surface area contributed by atoms with Gasteiger partial charge in [-0.3, -0.25) is 4.79 Å². The second-order valence-corrected chi connectivity index (χ2v) is 9.08. The number of rotatable bonds is 3. The molecule has 3 aliphatic rings. The third kappa shape index (κ3) is 2.48. The van der Waals surface area contributed by atoms with Gasteiger partial charge >= 0.3 is 5.97 Å². The Bertz CT molecular complexity index is 506. The topological polar surface area (TPSA) is 37.3 Å². The highest BCUT2D eigenvalue weighted by Gasteiger charge is 2.58. The Morgan fingerprint density at radius 2 is 2.09 bits per heavy atom. The van der Waals surface area contributed by atoms with Gasteiger partial charge in [0.25, 0.3) is 0 Å². The van der Waals surface area contributed by atoms with Crippen molar-refractivity contribution in [3.05, 3.63) is 11.6 Å². The van der Waals surface area contributed by atoms with Gasteiger partial charge in [-0.25, -0.2) is 0 Å². The van der Waals surface area contributed by atoms with Gasteiger partial charge in [0.15, 0.2) is 0 Å². The molecule has 130 valence electrons. The van der Waals surface area contributed by atoms with Crippen molar-refractivity contribution < 1.29 is 9.90 Å². The van der Waals surface area contributed by atoms with Gasteiger partial charge in [-0.1, -0.05) is 45.8 Å². The lowest BCUT2D eigenvalue weighted by Gasteiger charge is -2.58. The van der Waals surface area contributed by atoms with Crippen molar-refractivity contribution in [1.82, 2.24) is 0 Å². The van der Waals surface area contributed by atoms with Crippen LogP contribution in [0, 0.1) is 34.5 Å². The number of carboxylic acid groups (broad SMARTS) is 1. The minimum absolute atomic E-state index is 0.207. The first-order valence-corrected chi connectivity index (χ1v) is 9.77. The number of fused-ring (bicyclic) bond motifs is 3. The van der Waals surface area contributed by atoms with Crippen LogP contribution in [0.15, 0.2) is 11.6 Å². The van der Waals surface area contributed by atoms with E-state index >= 15 is 0 Å². The van der Waals surface area contributed by atoms with E-state index < -0.39 is 11.4 Å². The standard InChI is InChI=1S/C21H34O2/c1-5-21(19(22)23)12-6-11-20(4)17-9-7-15(14(2)3)13-16(17)8-10-18(20)21/h8,14-15,17-18H,5-7,9-13H2,1-4H3,(H,22,23)/t15?,17-,18?,20-,21+/m1/s1. The molecule has 0 aliphatic heterocycles. The Kier molecular flexibility index (Phi) is 4.40. The van der Waals surface area contributed by atoms with Gasteiger partial charge in [-0.15, -0.1) is 0 Å². The van der Waals surface area contributed by atoms with Crippen LogP contribution in [0.25, 0.3) is 0 Å². The minimum atomic E-state index is -0.538. The van der Waals surface area contributed by atoms with Crippen molar-refractivity contribution in [2.24, 2.45) is 34.5 Å². The van der Waals surface area contributed by atoms with Crippen LogP contribution in [0.2, 0.25) is 0 Å². The summed E-state index contributed by atoms with van der Waals surface area (Å²) in [6, 6.07) is 0. The zero-order valence-corrected chi connectivity index (χ0v) is 15.4. The van der Waals surface area contributed by atoms with Crippen LogP contribution in [0.5, 0.6) is 0 Å². The molecule has 0 saturated heterocycles. The Labute approximate surface area is 141 Å². The zero-order valence-electron chi connectivity index (χ0n) is 15.4. The van der Waals surface area contributed by atoms with Gasteiger partial charge in [0.1, 0.15) is 0 Å². The maximum absolute atomic E-state index is 12.2. The molecule has 2 unspecified atom stereocenters. The molecule has 23 heavy (non-hydrogen) atoms. The minimum Gasteiger partial charge on any atom is -0.481 e. The molecule has 0 radical (unpaired) electrons. The summed E-state index contributed by atoms with van der Waals surface area (Å²) in [6.07, 6.45) is 11.3. The van der Waals surface area contributed by atoms with Gasteiger partial charge in [0, 0.05) is 0 Å². The van der Waals surface area contributed by atoms with E-state index in [1.165, 1.54) is 25.7 Å². The van der Waals surface area contributed by atoms with Crippen LogP contribution in [-0.4, -0.2) is 11.1 Å². The van der Waals surface area contributed by atoms with Crippen LogP contribution in [0.1, 0.15) is 79.1 Å². The van der Waals surface area contributed by atoms with E-state index in [1.54, 1.807) is 5.57 Å². The van der Waals surface area contributed by atoms with Gasteiger partial charge < -0.3 is 5.11 Å². The van der Waals surface area contributed by atoms with E-state index in [-0.39, 0.29) is 5.41 Å². The van der Waals surface area contributed by atoms with E-state index in [0.717, 1.165) is 37.5 Å². The number of carbonyl (C=O) groups is 1. The fourth-order valence-corrected chi connectivity index (χ4v) is 6.44. The third-order valence-corrected chi connectivity index (χ3v) is 7.98. The van der Waals surface area contributed by atoms with Crippen LogP contribution in [0.4, 0.5) is 0 Å². The fourth-order valence-electron chi connectivity index (χ4n) is 6.44. The summed E-state index contributed by atoms with van der Waals surface area (Å²) < 4.78 is 0. The second kappa shape index (κ2) is 5.93. The van der Waals surface area contributed by atoms with Crippen molar-refractivity contribution in [2.45, 2.75) is 79.1 Å². The van der Waals surface area contributed by atoms with Crippen molar-refractivity contribution in [3.8, 4) is 0 Å². The maximum atomic E-state index is 12.2. The summed E-state index contributed by atoms with van der Waals surface area (Å²) in [4.78, 5) is 12.2. The molecule has 5 atom stereocenters. The number of hydrogen-bond donors (Lipinski definition) is 1. The molecule has 3 aliphatic carbocycles. The molecule has 0 heterocycles. The molecule has 0 aromatic carbocycles. The Morgan fingerprint density at radius 3 is 2.70 bits per heavy atom. The summed E-state index contributed by atoms with van der Waals surface area (Å²) in [7, 11) is 0. The van der Waals surface area contributed by atoms with Crippen LogP contribution < -0.4 is 0 Å². The zero-order chi connectivity index (χ0) is 16.8. The molecule has 0 bridgehead atoms. The van der Waals surface area contributed by atoms with E-state index in [4.69, 9.17) is 0 Å². The van der Waals surface area contributed by atoms with Crippen LogP contribution in [0.3, 0.4) is 0 Å². The molecule has 2 saturated carbocycles. The second-order valence-electron chi connectivity index (χ2n) is 9.08. The van der Waals surface area contributed by atoms with Gasteiger partial charge in [-0.05, 0) is 74.0 Å². The number of aliphatic carboxylic acids is 1. The van der Waals surface area contributed by atoms with Gasteiger partial charge in [0.2, 0.25) is 0 Å². The molecular formula is C21H34O2. The SMILES string of the molecule is CC[C@]1(C(=O)O)CCC[C@@]2(C)C1CC=C1CC(C(C)C)CC[C@H]12. The summed E-state index contributed by atoms with van der Waals surface area (Å²) in [5, 5.41) is 10.0. The first-order chi connectivity index (χ1) is 10.8. The predicted octanol–water partition coefficient (Wildman–Crippen LogP) is 5.68. The molecule has 0 aromatic rings. The average Bonchev–Trinajstić information content (AvgIpc) is 2.52. The molecule has 2 nitrogen and oxygen atoms in total. The summed E-state index contributed by atoms with van der Waals surface area (Å²) in [5.74, 6) is 2.03. The third-order valence-electron chi connectivity index (χ3n) is 7.98. The van der Waals surface area contributed by atoms with Crippen molar-refractivity contribution >= 4 is 5.97 Å². The summed E-state index contributed by atoms with van der Waals surface area (Å²) in [6.45, 7) is 9.23. The smallest absolute Gasteiger partial charge is 0.309 e. The lowest BCUT2D eigenvalue weighted by atomic mass is 9.45. The summed E-state index contributed by atoms with van der Waals surface area (Å²) in [5.41, 5.74) is 1.40. The molecule has 0 aromatic heterocycles. The summed E-state index contributed by atoms with van der Waals surface area (Å²) >= 11 is 0. The largest absolute Gasteiger partial charge is 0.481 e. The van der Waals surface area contributed by atoms with E-state index in [1.807, 2.05) is 0 Å². The molecule has 2 fully saturated rings. The first kappa shape index (κ1) is 17.0. The lowest BCUT2D eigenvalue weighted by Crippen LogP contribution is -2.54. The number of allylic oxidation sites excluding steroid dienone is 2. The first-order valence-electron chi connectivity index (χ1n) is 9.77. The Balaban J connectivity index is 1.95. The highest BCUT2D eigenvalue weighted by atomic mass is 16.4. The maximum Gasteiger partial charge on any atom is 0.309 e. The fraction of sp³-hybridized carbons (Fsp3) is 0.857. The van der Waals surface area contributed by atoms with Crippen molar-refractivity contribution in [1.29, 1.82) is 0 Å². The highest BCUT2D eigenvalue weighted by Crippen LogP contribution is 2.63. The highest BCUT2D eigenvalue weighted by molar-refractivity contribution is 5.75. The van der Waals surface area contributed by atoms with Crippen molar-refractivity contribution in [3.63, 3.8) is 0 Å². The van der Waals surface area contributed by atoms with Crippen LogP contribution >= 0.6 is 0 Å². The lowest BCUT2D eigenvalue weighted by molar-refractivity contribution is -0.166. The molecular weight excluding hydrogens is 284 g/mol. The van der Waals surface area contributed by atoms with Crippen molar-refractivity contribution in [2.75, 3.05) is 0 Å².